The molecule has 0 fully saturated rings. The maximum Gasteiger partial charge on any atom is 0.327 e. The molecule has 0 aromatic carbocycles. The van der Waals surface area contributed by atoms with Gasteiger partial charge in [0.1, 0.15) is 26.1 Å². The third-order valence-corrected chi connectivity index (χ3v) is 2.31. The second-order valence-corrected chi connectivity index (χ2v) is 4.35. The van der Waals surface area contributed by atoms with Crippen LogP contribution in [0.25, 0.3) is 0 Å². The van der Waals surface area contributed by atoms with Crippen LogP contribution < -0.4 is 0 Å². The van der Waals surface area contributed by atoms with Crippen molar-refractivity contribution in [2.24, 2.45) is 10.4 Å². The van der Waals surface area contributed by atoms with E-state index in [2.05, 4.69) is 36.5 Å². The Morgan fingerprint density at radius 3 is 2.73 bits per heavy atom. The number of ether oxygens (including phenoxy) is 1. The van der Waals surface area contributed by atoms with Crippen molar-refractivity contribution in [1.29, 1.82) is 0 Å². The summed E-state index contributed by atoms with van der Waals surface area (Å²) in [4.78, 5) is 14.7. The molecule has 0 bridgehead atoms. The number of nitrogens with zero attached hydrogens (tertiary/aromatic N) is 1. The fraction of sp³-hybridized carbons (Fsp3) is 0.800. The molecule has 0 aliphatic rings. The number of esters is 1. The van der Waals surface area contributed by atoms with E-state index in [4.69, 9.17) is 4.18 Å². The largest absolute Gasteiger partial charge is 0.468 e. The molecule has 0 radical (unpaired) electrons. The molecule has 0 saturated heterocycles. The summed E-state index contributed by atoms with van der Waals surface area (Å²) in [5.41, 5.74) is 0.131. The highest BCUT2D eigenvalue weighted by Crippen LogP contribution is 2.23. The van der Waals surface area contributed by atoms with Gasteiger partial charge in [-0.1, -0.05) is 13.8 Å². The molecule has 0 unspecified atom stereocenters. The van der Waals surface area contributed by atoms with E-state index in [0.717, 1.165) is 12.8 Å². The van der Waals surface area contributed by atoms with Crippen LogP contribution in [-0.4, -0.2) is 32.4 Å². The normalized spacial score (nSPS) is 12.0. The maximum absolute atomic E-state index is 10.7. The molecule has 15 heavy (non-hydrogen) atoms. The van der Waals surface area contributed by atoms with Crippen LogP contribution in [0.4, 0.5) is 0 Å². The Kier molecular flexibility index (Phi) is 7.42. The summed E-state index contributed by atoms with van der Waals surface area (Å²) in [6, 6.07) is 0. The highest BCUT2D eigenvalue weighted by Gasteiger charge is 2.16. The van der Waals surface area contributed by atoms with Gasteiger partial charge in [0.05, 0.1) is 7.11 Å². The zero-order valence-corrected chi connectivity index (χ0v) is 10.6. The predicted molar refractivity (Wildman–Crippen MR) is 64.5 cm³/mol. The van der Waals surface area contributed by atoms with Gasteiger partial charge in [-0.15, -0.1) is 0 Å². The summed E-state index contributed by atoms with van der Waals surface area (Å²) in [5, 5.41) is 0. The maximum atomic E-state index is 10.7. The van der Waals surface area contributed by atoms with E-state index in [1.807, 2.05) is 0 Å². The van der Waals surface area contributed by atoms with E-state index in [9.17, 15) is 4.79 Å². The number of aliphatic imine (C=N–C) groups is 1. The average Bonchev–Trinajstić information content (AvgIpc) is 2.21. The molecule has 4 nitrogen and oxygen atoms in total. The van der Waals surface area contributed by atoms with Crippen molar-refractivity contribution in [1.82, 2.24) is 0 Å². The first-order valence-electron chi connectivity index (χ1n) is 4.85. The van der Waals surface area contributed by atoms with Crippen LogP contribution in [0.2, 0.25) is 0 Å². The first-order valence-corrected chi connectivity index (χ1v) is 5.26. The highest BCUT2D eigenvalue weighted by atomic mass is 32.1. The number of rotatable bonds is 7. The Hall–Kier alpha value is -0.550. The van der Waals surface area contributed by atoms with Crippen LogP contribution in [0.15, 0.2) is 4.99 Å². The summed E-state index contributed by atoms with van der Waals surface area (Å²) in [6.45, 7) is 5.01. The molecule has 0 amide bonds. The lowest BCUT2D eigenvalue weighted by atomic mass is 9.87. The molecule has 0 aromatic rings. The third-order valence-electron chi connectivity index (χ3n) is 2.10. The minimum Gasteiger partial charge on any atom is -0.468 e. The highest BCUT2D eigenvalue weighted by molar-refractivity contribution is 7.53. The number of carbonyl (C=O) groups is 1. The topological polar surface area (TPSA) is 47.9 Å². The van der Waals surface area contributed by atoms with Crippen LogP contribution in [0.1, 0.15) is 26.7 Å². The Morgan fingerprint density at radius 1 is 1.53 bits per heavy atom. The minimum absolute atomic E-state index is 0.0984. The molecule has 0 heterocycles. The predicted octanol–water partition coefficient (Wildman–Crippen LogP) is 0.980. The van der Waals surface area contributed by atoms with E-state index < -0.39 is 0 Å². The molecule has 0 rings (SSSR count). The number of hydrogen-bond acceptors (Lipinski definition) is 4. The van der Waals surface area contributed by atoms with Crippen molar-refractivity contribution in [2.75, 3.05) is 20.3 Å². The zero-order chi connectivity index (χ0) is 11.7. The molecular weight excluding hydrogens is 214 g/mol. The Bertz CT molecular complexity index is 217. The Labute approximate surface area is 96.7 Å². The second kappa shape index (κ2) is 7.70. The van der Waals surface area contributed by atoms with Gasteiger partial charge in [-0.25, -0.2) is 0 Å². The van der Waals surface area contributed by atoms with Crippen molar-refractivity contribution in [3.8, 4) is 0 Å². The van der Waals surface area contributed by atoms with Crippen molar-refractivity contribution in [3.63, 3.8) is 0 Å². The monoisotopic (exact) mass is 234 g/mol. The summed E-state index contributed by atoms with van der Waals surface area (Å²) in [6.07, 6.45) is 3.52. The SMILES string of the molecule is COC(=O)CN=CCC(C)(C)CCO[SH2+]. The standard InChI is InChI=1S/C10H19NO3S/c1-10(2,5-7-14-15)4-6-11-8-9(12)13-3/h6,15H,4-5,7-8H2,1-3H3/p+1. The Balaban J connectivity index is 3.76. The van der Waals surface area contributed by atoms with Crippen LogP contribution in [0.3, 0.4) is 0 Å². The van der Waals surface area contributed by atoms with Crippen molar-refractivity contribution >= 4 is 25.1 Å². The van der Waals surface area contributed by atoms with Gasteiger partial charge in [0.2, 0.25) is 0 Å². The van der Waals surface area contributed by atoms with Crippen LogP contribution in [-0.2, 0) is 26.6 Å². The van der Waals surface area contributed by atoms with Crippen LogP contribution in [0, 0.1) is 5.41 Å². The number of carbonyl (C=O) groups excluding carboxylic acids is 1. The minimum atomic E-state index is -0.312. The van der Waals surface area contributed by atoms with Gasteiger partial charge in [0, 0.05) is 0 Å². The second-order valence-electron chi connectivity index (χ2n) is 4.07. The van der Waals surface area contributed by atoms with E-state index in [0.29, 0.717) is 6.61 Å². The molecule has 0 aliphatic heterocycles. The molecule has 0 saturated carbocycles. The molecule has 0 atom stereocenters. The first kappa shape index (κ1) is 14.5. The fourth-order valence-corrected chi connectivity index (χ4v) is 1.05. The van der Waals surface area contributed by atoms with Crippen LogP contribution in [0.5, 0.6) is 0 Å². The summed E-state index contributed by atoms with van der Waals surface area (Å²) >= 11 is 2.96. The van der Waals surface area contributed by atoms with E-state index >= 15 is 0 Å². The van der Waals surface area contributed by atoms with Gasteiger partial charge in [-0.2, -0.15) is 4.18 Å². The van der Waals surface area contributed by atoms with E-state index in [1.165, 1.54) is 7.11 Å². The summed E-state index contributed by atoms with van der Waals surface area (Å²) in [7, 11) is 1.36. The van der Waals surface area contributed by atoms with Gasteiger partial charge < -0.3 is 4.74 Å². The molecule has 5 heteroatoms. The molecule has 88 valence electrons. The number of methoxy groups -OCH3 is 1. The van der Waals surface area contributed by atoms with Crippen molar-refractivity contribution in [2.45, 2.75) is 26.7 Å². The van der Waals surface area contributed by atoms with Gasteiger partial charge in [0.15, 0.2) is 0 Å². The zero-order valence-electron chi connectivity index (χ0n) is 9.58. The Morgan fingerprint density at radius 2 is 2.20 bits per heavy atom. The van der Waals surface area contributed by atoms with Gasteiger partial charge in [0.25, 0.3) is 0 Å². The van der Waals surface area contributed by atoms with E-state index in [1.54, 1.807) is 6.21 Å². The number of hydrogen-bond donors (Lipinski definition) is 0. The smallest absolute Gasteiger partial charge is 0.327 e. The first-order chi connectivity index (χ1) is 7.02. The molecule has 0 N–H and O–H groups in total. The molecule has 0 aliphatic carbocycles. The quantitative estimate of drug-likeness (QED) is 0.375. The van der Waals surface area contributed by atoms with Gasteiger partial charge >= 0.3 is 5.97 Å². The van der Waals surface area contributed by atoms with Crippen LogP contribution >= 0.6 is 0 Å². The van der Waals surface area contributed by atoms with Gasteiger partial charge in [-0.3, -0.25) is 9.79 Å². The summed E-state index contributed by atoms with van der Waals surface area (Å²) in [5.74, 6) is -0.312. The lowest BCUT2D eigenvalue weighted by Gasteiger charge is -2.20. The molecular formula is C10H20NO3S+. The lowest BCUT2D eigenvalue weighted by molar-refractivity contribution is -0.138. The molecule has 0 spiro atoms. The van der Waals surface area contributed by atoms with Crippen molar-refractivity contribution in [3.05, 3.63) is 0 Å². The third kappa shape index (κ3) is 8.44. The lowest BCUT2D eigenvalue weighted by Crippen LogP contribution is -2.15. The average molecular weight is 234 g/mol. The fourth-order valence-electron chi connectivity index (χ4n) is 0.945. The van der Waals surface area contributed by atoms with E-state index in [-0.39, 0.29) is 17.9 Å². The van der Waals surface area contributed by atoms with Gasteiger partial charge in [-0.05, 0) is 24.5 Å². The molecule has 0 aromatic heterocycles. The van der Waals surface area contributed by atoms with Crippen molar-refractivity contribution < 1.29 is 13.7 Å². The summed E-state index contributed by atoms with van der Waals surface area (Å²) < 4.78 is 9.29.